The zero-order valence-electron chi connectivity index (χ0n) is 22.2. The van der Waals surface area contributed by atoms with E-state index >= 15 is 0 Å². The first-order valence-corrected chi connectivity index (χ1v) is 14.1. The van der Waals surface area contributed by atoms with Gasteiger partial charge >= 0.3 is 6.02 Å². The highest BCUT2D eigenvalue weighted by Crippen LogP contribution is 2.33. The van der Waals surface area contributed by atoms with E-state index in [4.69, 9.17) is 14.5 Å². The molecule has 1 heterocycles. The minimum atomic E-state index is -0.111. The molecule has 0 aromatic heterocycles. The summed E-state index contributed by atoms with van der Waals surface area (Å²) in [7, 11) is 1.62. The Kier molecular flexibility index (Phi) is 10.3. The van der Waals surface area contributed by atoms with Crippen LogP contribution >= 0.6 is 0 Å². The van der Waals surface area contributed by atoms with Crippen LogP contribution in [-0.4, -0.2) is 72.5 Å². The van der Waals surface area contributed by atoms with E-state index < -0.39 is 0 Å². The van der Waals surface area contributed by atoms with Gasteiger partial charge in [-0.25, -0.2) is 4.99 Å². The third kappa shape index (κ3) is 7.05. The number of aliphatic hydroxyl groups is 2. The van der Waals surface area contributed by atoms with Gasteiger partial charge in [0.25, 0.3) is 5.91 Å². The molecule has 1 saturated heterocycles. The van der Waals surface area contributed by atoms with Crippen molar-refractivity contribution in [2.45, 2.75) is 89.1 Å². The van der Waals surface area contributed by atoms with Crippen molar-refractivity contribution in [1.82, 2.24) is 4.90 Å². The van der Waals surface area contributed by atoms with Crippen molar-refractivity contribution in [2.24, 2.45) is 4.99 Å². The Balaban J connectivity index is 1.60. The van der Waals surface area contributed by atoms with Crippen LogP contribution in [0, 0.1) is 0 Å². The zero-order chi connectivity index (χ0) is 26.0. The van der Waals surface area contributed by atoms with Crippen molar-refractivity contribution < 1.29 is 24.5 Å². The fourth-order valence-corrected chi connectivity index (χ4v) is 5.65. The largest absolute Gasteiger partial charge is 0.496 e. The van der Waals surface area contributed by atoms with Crippen LogP contribution in [0.4, 0.5) is 5.69 Å². The maximum atomic E-state index is 13.6. The Morgan fingerprint density at radius 2 is 1.68 bits per heavy atom. The predicted molar refractivity (Wildman–Crippen MR) is 146 cm³/mol. The number of benzene rings is 1. The Morgan fingerprint density at radius 1 is 1.03 bits per heavy atom. The Bertz CT molecular complexity index is 943. The summed E-state index contributed by atoms with van der Waals surface area (Å²) in [6.07, 6.45) is 14.2. The minimum absolute atomic E-state index is 0.110. The fraction of sp³-hybridized carbons (Fsp3) is 0.655. The van der Waals surface area contributed by atoms with Crippen LogP contribution in [0.1, 0.15) is 82.6 Å². The summed E-state index contributed by atoms with van der Waals surface area (Å²) in [5.41, 5.74) is 1.71. The fourth-order valence-electron chi connectivity index (χ4n) is 5.65. The SMILES string of the molecule is COc1cc(N(CCCO)CCCO)ccc1/C=C1/OC(=NC2CCCCC2)N(C2CCCCC2)C1=O. The van der Waals surface area contributed by atoms with Crippen LogP contribution in [0.5, 0.6) is 5.75 Å². The van der Waals surface area contributed by atoms with Crippen molar-refractivity contribution in [3.63, 3.8) is 0 Å². The van der Waals surface area contributed by atoms with E-state index in [0.29, 0.717) is 43.5 Å². The van der Waals surface area contributed by atoms with Gasteiger partial charge in [-0.1, -0.05) is 38.5 Å². The van der Waals surface area contributed by atoms with E-state index in [1.165, 1.54) is 25.7 Å². The maximum absolute atomic E-state index is 13.6. The number of anilines is 1. The second-order valence-corrected chi connectivity index (χ2v) is 10.3. The molecule has 0 radical (unpaired) electrons. The molecule has 1 aliphatic heterocycles. The molecular weight excluding hydrogens is 470 g/mol. The van der Waals surface area contributed by atoms with Gasteiger partial charge in [0.05, 0.1) is 13.2 Å². The number of hydrogen-bond acceptors (Lipinski definition) is 7. The lowest BCUT2D eigenvalue weighted by Crippen LogP contribution is -2.41. The van der Waals surface area contributed by atoms with Gasteiger partial charge in [0.2, 0.25) is 0 Å². The summed E-state index contributed by atoms with van der Waals surface area (Å²) in [6, 6.07) is 6.70. The summed E-state index contributed by atoms with van der Waals surface area (Å²) in [4.78, 5) is 22.5. The van der Waals surface area contributed by atoms with E-state index in [2.05, 4.69) is 4.90 Å². The molecule has 1 aromatic rings. The summed E-state index contributed by atoms with van der Waals surface area (Å²) in [5, 5.41) is 18.6. The van der Waals surface area contributed by atoms with E-state index in [0.717, 1.165) is 49.8 Å². The third-order valence-corrected chi connectivity index (χ3v) is 7.69. The van der Waals surface area contributed by atoms with Crippen molar-refractivity contribution >= 4 is 23.7 Å². The molecule has 1 aromatic carbocycles. The van der Waals surface area contributed by atoms with Crippen LogP contribution in [0.3, 0.4) is 0 Å². The Morgan fingerprint density at radius 3 is 2.30 bits per heavy atom. The molecule has 37 heavy (non-hydrogen) atoms. The lowest BCUT2D eigenvalue weighted by molar-refractivity contribution is -0.124. The monoisotopic (exact) mass is 513 g/mol. The summed E-state index contributed by atoms with van der Waals surface area (Å²) >= 11 is 0. The van der Waals surface area contributed by atoms with Gasteiger partial charge in [0.1, 0.15) is 5.75 Å². The molecule has 2 saturated carbocycles. The van der Waals surface area contributed by atoms with Gasteiger partial charge in [0.15, 0.2) is 5.76 Å². The smallest absolute Gasteiger partial charge is 0.300 e. The normalized spacial score (nSPS) is 21.6. The molecule has 4 rings (SSSR count). The molecule has 2 N–H and O–H groups in total. The first-order chi connectivity index (χ1) is 18.1. The highest BCUT2D eigenvalue weighted by Gasteiger charge is 2.40. The highest BCUT2D eigenvalue weighted by atomic mass is 16.5. The minimum Gasteiger partial charge on any atom is -0.496 e. The molecule has 0 bridgehead atoms. The number of rotatable bonds is 11. The number of hydrogen-bond donors (Lipinski definition) is 2. The standard InChI is InChI=1S/C29H43N3O5/c1-36-26-21-25(31(16-8-18-33)17-9-19-34)15-14-22(26)20-27-28(35)32(24-12-6-3-7-13-24)29(37-27)30-23-10-4-2-5-11-23/h14-15,20-21,23-24,33-34H,2-13,16-19H2,1H3/b27-20+,30-29?. The van der Waals surface area contributed by atoms with Crippen molar-refractivity contribution in [1.29, 1.82) is 0 Å². The lowest BCUT2D eigenvalue weighted by atomic mass is 9.94. The number of carbonyl (C=O) groups excluding carboxylic acids is 1. The molecule has 3 aliphatic rings. The molecule has 8 heteroatoms. The van der Waals surface area contributed by atoms with Crippen molar-refractivity contribution in [3.8, 4) is 5.75 Å². The van der Waals surface area contributed by atoms with Crippen LogP contribution < -0.4 is 9.64 Å². The van der Waals surface area contributed by atoms with E-state index in [1.807, 2.05) is 23.1 Å². The maximum Gasteiger partial charge on any atom is 0.300 e. The van der Waals surface area contributed by atoms with Crippen LogP contribution in [0.2, 0.25) is 0 Å². The Labute approximate surface area is 221 Å². The van der Waals surface area contributed by atoms with Crippen LogP contribution in [0.15, 0.2) is 29.0 Å². The second kappa shape index (κ2) is 13.8. The lowest BCUT2D eigenvalue weighted by Gasteiger charge is -2.29. The number of methoxy groups -OCH3 is 1. The second-order valence-electron chi connectivity index (χ2n) is 10.3. The van der Waals surface area contributed by atoms with Crippen molar-refractivity contribution in [3.05, 3.63) is 29.5 Å². The van der Waals surface area contributed by atoms with Gasteiger partial charge in [-0.05, 0) is 56.7 Å². The number of aliphatic imine (C=N–C) groups is 1. The van der Waals surface area contributed by atoms with E-state index in [9.17, 15) is 15.0 Å². The molecule has 1 amide bonds. The molecular formula is C29H43N3O5. The summed E-state index contributed by atoms with van der Waals surface area (Å²) in [6.45, 7) is 1.58. The van der Waals surface area contributed by atoms with E-state index in [1.54, 1.807) is 13.2 Å². The first kappa shape index (κ1) is 27.5. The molecule has 204 valence electrons. The van der Waals surface area contributed by atoms with Gasteiger partial charge in [0, 0.05) is 49.7 Å². The van der Waals surface area contributed by atoms with Gasteiger partial charge < -0.3 is 24.6 Å². The van der Waals surface area contributed by atoms with E-state index in [-0.39, 0.29) is 31.2 Å². The molecule has 0 atom stereocenters. The summed E-state index contributed by atoms with van der Waals surface area (Å²) in [5.74, 6) is 0.824. The Hall–Kier alpha value is -2.58. The quantitative estimate of drug-likeness (QED) is 0.424. The molecule has 2 aliphatic carbocycles. The number of carbonyl (C=O) groups is 1. The number of nitrogens with zero attached hydrogens (tertiary/aromatic N) is 3. The molecule has 8 nitrogen and oxygen atoms in total. The zero-order valence-corrected chi connectivity index (χ0v) is 22.2. The van der Waals surface area contributed by atoms with Crippen LogP contribution in [-0.2, 0) is 9.53 Å². The average molecular weight is 514 g/mol. The molecule has 0 spiro atoms. The molecule has 3 fully saturated rings. The van der Waals surface area contributed by atoms with Gasteiger partial charge in [-0.3, -0.25) is 9.69 Å². The first-order valence-electron chi connectivity index (χ1n) is 14.1. The van der Waals surface area contributed by atoms with Crippen LogP contribution in [0.25, 0.3) is 6.08 Å². The topological polar surface area (TPSA) is 94.8 Å². The highest BCUT2D eigenvalue weighted by molar-refractivity contribution is 6.11. The van der Waals surface area contributed by atoms with Gasteiger partial charge in [-0.15, -0.1) is 0 Å². The predicted octanol–water partition coefficient (Wildman–Crippen LogP) is 4.49. The third-order valence-electron chi connectivity index (χ3n) is 7.69. The van der Waals surface area contributed by atoms with Crippen molar-refractivity contribution in [2.75, 3.05) is 38.3 Å². The molecule has 0 unspecified atom stereocenters. The summed E-state index contributed by atoms with van der Waals surface area (Å²) < 4.78 is 11.9. The number of aliphatic hydroxyl groups excluding tert-OH is 2. The van der Waals surface area contributed by atoms with Gasteiger partial charge in [-0.2, -0.15) is 0 Å². The average Bonchev–Trinajstić information content (AvgIpc) is 3.24. The number of amidine groups is 1. The number of ether oxygens (including phenoxy) is 2. The number of amides is 1.